The maximum Gasteiger partial charge on any atom is 0.129 e. The fourth-order valence-corrected chi connectivity index (χ4v) is 1.73. The van der Waals surface area contributed by atoms with Crippen LogP contribution < -0.4 is 11.1 Å². The Balaban J connectivity index is 2.82. The van der Waals surface area contributed by atoms with Crippen LogP contribution in [-0.4, -0.2) is 13.1 Å². The van der Waals surface area contributed by atoms with Crippen molar-refractivity contribution in [1.29, 1.82) is 0 Å². The SMILES string of the molecule is C=C(C)CNC(CN)c1ccc(Br)cc1F. The van der Waals surface area contributed by atoms with Crippen molar-refractivity contribution < 1.29 is 4.39 Å². The molecule has 88 valence electrons. The average Bonchev–Trinajstić information content (AvgIpc) is 2.21. The third-order valence-electron chi connectivity index (χ3n) is 2.22. The molecule has 1 rings (SSSR count). The molecule has 0 amide bonds. The molecule has 1 aromatic carbocycles. The van der Waals surface area contributed by atoms with Gasteiger partial charge in [-0.1, -0.05) is 34.1 Å². The summed E-state index contributed by atoms with van der Waals surface area (Å²) in [4.78, 5) is 0. The molecule has 0 bridgehead atoms. The number of rotatable bonds is 5. The summed E-state index contributed by atoms with van der Waals surface area (Å²) in [5, 5.41) is 3.17. The van der Waals surface area contributed by atoms with Gasteiger partial charge in [0.15, 0.2) is 0 Å². The first-order valence-electron chi connectivity index (χ1n) is 5.07. The molecule has 3 N–H and O–H groups in total. The smallest absolute Gasteiger partial charge is 0.129 e. The number of hydrogen-bond acceptors (Lipinski definition) is 2. The van der Waals surface area contributed by atoms with Gasteiger partial charge in [-0.2, -0.15) is 0 Å². The van der Waals surface area contributed by atoms with Gasteiger partial charge in [-0.15, -0.1) is 0 Å². The van der Waals surface area contributed by atoms with Crippen molar-refractivity contribution in [1.82, 2.24) is 5.32 Å². The van der Waals surface area contributed by atoms with Crippen LogP contribution in [0.25, 0.3) is 0 Å². The molecule has 0 radical (unpaired) electrons. The quantitative estimate of drug-likeness (QED) is 0.817. The van der Waals surface area contributed by atoms with E-state index in [0.29, 0.717) is 18.7 Å². The minimum Gasteiger partial charge on any atom is -0.329 e. The summed E-state index contributed by atoms with van der Waals surface area (Å²) in [5.74, 6) is -0.251. The molecule has 1 aromatic rings. The van der Waals surface area contributed by atoms with E-state index in [4.69, 9.17) is 5.73 Å². The van der Waals surface area contributed by atoms with Crippen LogP contribution >= 0.6 is 15.9 Å². The Bertz CT molecular complexity index is 379. The summed E-state index contributed by atoms with van der Waals surface area (Å²) < 4.78 is 14.4. The highest BCUT2D eigenvalue weighted by Gasteiger charge is 2.13. The van der Waals surface area contributed by atoms with Crippen LogP contribution in [0.5, 0.6) is 0 Å². The highest BCUT2D eigenvalue weighted by atomic mass is 79.9. The molecule has 0 saturated heterocycles. The summed E-state index contributed by atoms with van der Waals surface area (Å²) in [6.45, 7) is 6.69. The van der Waals surface area contributed by atoms with Crippen molar-refractivity contribution in [2.45, 2.75) is 13.0 Å². The highest BCUT2D eigenvalue weighted by molar-refractivity contribution is 9.10. The predicted molar refractivity (Wildman–Crippen MR) is 68.7 cm³/mol. The van der Waals surface area contributed by atoms with E-state index < -0.39 is 0 Å². The van der Waals surface area contributed by atoms with Crippen molar-refractivity contribution >= 4 is 15.9 Å². The third kappa shape index (κ3) is 3.70. The van der Waals surface area contributed by atoms with Crippen LogP contribution in [0, 0.1) is 5.82 Å². The molecule has 2 nitrogen and oxygen atoms in total. The van der Waals surface area contributed by atoms with Gasteiger partial charge in [-0.25, -0.2) is 4.39 Å². The maximum atomic E-state index is 13.7. The Morgan fingerprint density at radius 1 is 1.62 bits per heavy atom. The van der Waals surface area contributed by atoms with Gasteiger partial charge in [0, 0.05) is 29.2 Å². The second-order valence-electron chi connectivity index (χ2n) is 3.79. The summed E-state index contributed by atoms with van der Waals surface area (Å²) in [6.07, 6.45) is 0. The van der Waals surface area contributed by atoms with Crippen molar-refractivity contribution in [2.24, 2.45) is 5.73 Å². The van der Waals surface area contributed by atoms with Gasteiger partial charge in [0.2, 0.25) is 0 Å². The van der Waals surface area contributed by atoms with Crippen LogP contribution in [-0.2, 0) is 0 Å². The molecule has 1 atom stereocenters. The minimum atomic E-state index is -0.251. The van der Waals surface area contributed by atoms with Crippen LogP contribution in [0.1, 0.15) is 18.5 Å². The van der Waals surface area contributed by atoms with Crippen LogP contribution in [0.3, 0.4) is 0 Å². The second kappa shape index (κ2) is 6.13. The van der Waals surface area contributed by atoms with E-state index in [1.165, 1.54) is 6.07 Å². The lowest BCUT2D eigenvalue weighted by atomic mass is 10.1. The molecule has 16 heavy (non-hydrogen) atoms. The normalized spacial score (nSPS) is 12.5. The third-order valence-corrected chi connectivity index (χ3v) is 2.72. The Kier molecular flexibility index (Phi) is 5.12. The van der Waals surface area contributed by atoms with Gasteiger partial charge in [0.05, 0.1) is 0 Å². The molecule has 0 saturated carbocycles. The van der Waals surface area contributed by atoms with Crippen molar-refractivity contribution in [3.05, 3.63) is 46.2 Å². The molecule has 0 aliphatic heterocycles. The zero-order valence-electron chi connectivity index (χ0n) is 9.26. The van der Waals surface area contributed by atoms with E-state index in [0.717, 1.165) is 10.0 Å². The summed E-state index contributed by atoms with van der Waals surface area (Å²) in [5.41, 5.74) is 7.21. The maximum absolute atomic E-state index is 13.7. The van der Waals surface area contributed by atoms with E-state index >= 15 is 0 Å². The number of hydrogen-bond donors (Lipinski definition) is 2. The summed E-state index contributed by atoms with van der Waals surface area (Å²) in [7, 11) is 0. The molecule has 0 heterocycles. The van der Waals surface area contributed by atoms with E-state index in [9.17, 15) is 4.39 Å². The largest absolute Gasteiger partial charge is 0.329 e. The molecule has 4 heteroatoms. The monoisotopic (exact) mass is 286 g/mol. The second-order valence-corrected chi connectivity index (χ2v) is 4.71. The molecular formula is C12H16BrFN2. The fraction of sp³-hybridized carbons (Fsp3) is 0.333. The van der Waals surface area contributed by atoms with Gasteiger partial charge in [-0.05, 0) is 19.1 Å². The average molecular weight is 287 g/mol. The Morgan fingerprint density at radius 3 is 2.81 bits per heavy atom. The summed E-state index contributed by atoms with van der Waals surface area (Å²) >= 11 is 3.22. The number of benzene rings is 1. The van der Waals surface area contributed by atoms with Crippen LogP contribution in [0.15, 0.2) is 34.8 Å². The van der Waals surface area contributed by atoms with Gasteiger partial charge in [-0.3, -0.25) is 0 Å². The first-order chi connectivity index (χ1) is 7.54. The molecule has 0 aromatic heterocycles. The molecule has 1 unspecified atom stereocenters. The van der Waals surface area contributed by atoms with Crippen molar-refractivity contribution in [2.75, 3.05) is 13.1 Å². The number of halogens is 2. The topological polar surface area (TPSA) is 38.0 Å². The Morgan fingerprint density at radius 2 is 2.31 bits per heavy atom. The summed E-state index contributed by atoms with van der Waals surface area (Å²) in [6, 6.07) is 4.82. The van der Waals surface area contributed by atoms with Crippen molar-refractivity contribution in [3.8, 4) is 0 Å². The van der Waals surface area contributed by atoms with Gasteiger partial charge >= 0.3 is 0 Å². The lowest BCUT2D eigenvalue weighted by molar-refractivity contribution is 0.523. The first kappa shape index (κ1) is 13.4. The number of nitrogens with two attached hydrogens (primary N) is 1. The minimum absolute atomic E-state index is 0.176. The zero-order valence-corrected chi connectivity index (χ0v) is 10.8. The molecule has 0 spiro atoms. The predicted octanol–water partition coefficient (Wildman–Crippen LogP) is 2.75. The van der Waals surface area contributed by atoms with Gasteiger partial charge in [0.25, 0.3) is 0 Å². The molecular weight excluding hydrogens is 271 g/mol. The standard InChI is InChI=1S/C12H16BrFN2/c1-8(2)7-16-12(6-15)10-4-3-9(13)5-11(10)14/h3-5,12,16H,1,6-7,15H2,2H3. The van der Waals surface area contributed by atoms with E-state index in [2.05, 4.69) is 27.8 Å². The highest BCUT2D eigenvalue weighted by Crippen LogP contribution is 2.20. The van der Waals surface area contributed by atoms with E-state index in [-0.39, 0.29) is 11.9 Å². The van der Waals surface area contributed by atoms with E-state index in [1.54, 1.807) is 6.07 Å². The van der Waals surface area contributed by atoms with Crippen LogP contribution in [0.2, 0.25) is 0 Å². The Labute approximate surface area is 104 Å². The van der Waals surface area contributed by atoms with E-state index in [1.807, 2.05) is 13.0 Å². The lowest BCUT2D eigenvalue weighted by Gasteiger charge is -2.18. The molecule has 0 aliphatic carbocycles. The van der Waals surface area contributed by atoms with Crippen LogP contribution in [0.4, 0.5) is 4.39 Å². The van der Waals surface area contributed by atoms with Gasteiger partial charge in [0.1, 0.15) is 5.82 Å². The fourth-order valence-electron chi connectivity index (χ4n) is 1.40. The van der Waals surface area contributed by atoms with Gasteiger partial charge < -0.3 is 11.1 Å². The van der Waals surface area contributed by atoms with Crippen molar-refractivity contribution in [3.63, 3.8) is 0 Å². The molecule has 0 aliphatic rings. The lowest BCUT2D eigenvalue weighted by Crippen LogP contribution is -2.30. The zero-order chi connectivity index (χ0) is 12.1. The Hall–Kier alpha value is -0.710. The molecule has 0 fully saturated rings. The first-order valence-corrected chi connectivity index (χ1v) is 5.86. The number of nitrogens with one attached hydrogen (secondary N) is 1.